The molecule has 0 aliphatic rings. The fourth-order valence-corrected chi connectivity index (χ4v) is 3.73. The second-order valence-electron chi connectivity index (χ2n) is 3.91. The number of nitriles is 1. The van der Waals surface area contributed by atoms with Crippen molar-refractivity contribution in [1.29, 1.82) is 5.26 Å². The molecular weight excluding hydrogens is 339 g/mol. The standard InChI is InChI=1S/C12H10AsF3NO3/c1-6-8(13-9(5-18)11(19)20)3-2-7(4-17)10(6)12(14,15)16/h2-3,9,18H,5H2,1H3,(H,19,20)/t9-/m1/s1/i11+1. The first-order chi connectivity index (χ1) is 9.22. The average molecular weight is 349 g/mol. The summed E-state index contributed by atoms with van der Waals surface area (Å²) in [6.45, 7) is 0.584. The van der Waals surface area contributed by atoms with Crippen molar-refractivity contribution in [2.75, 3.05) is 6.61 Å². The number of aliphatic carboxylic acids is 1. The molecule has 2 N–H and O–H groups in total. The van der Waals surface area contributed by atoms with Gasteiger partial charge in [-0.05, 0) is 0 Å². The number of carboxylic acid groups (broad SMARTS) is 1. The van der Waals surface area contributed by atoms with Crippen LogP contribution in [0.25, 0.3) is 0 Å². The number of carbonyl (C=O) groups is 1. The summed E-state index contributed by atoms with van der Waals surface area (Å²) in [5, 5.41) is 26.5. The molecule has 0 amide bonds. The molecule has 0 heterocycles. The zero-order valence-corrected chi connectivity index (χ0v) is 12.1. The molecule has 1 radical (unpaired) electrons. The Labute approximate surface area is 119 Å². The fourth-order valence-electron chi connectivity index (χ4n) is 1.64. The minimum atomic E-state index is -4.68. The van der Waals surface area contributed by atoms with Crippen LogP contribution in [0.15, 0.2) is 12.1 Å². The average Bonchev–Trinajstić information content (AvgIpc) is 2.34. The molecule has 1 aromatic rings. The zero-order chi connectivity index (χ0) is 15.5. The van der Waals surface area contributed by atoms with Gasteiger partial charge in [-0.1, -0.05) is 0 Å². The molecule has 1 aromatic carbocycles. The van der Waals surface area contributed by atoms with Crippen LogP contribution in [0, 0.1) is 18.3 Å². The van der Waals surface area contributed by atoms with Gasteiger partial charge in [0.05, 0.1) is 0 Å². The number of aliphatic hydroxyl groups is 1. The van der Waals surface area contributed by atoms with E-state index in [1.807, 2.05) is 0 Å². The van der Waals surface area contributed by atoms with Crippen LogP contribution in [0.4, 0.5) is 13.2 Å². The molecule has 0 aromatic heterocycles. The Kier molecular flexibility index (Phi) is 5.20. The van der Waals surface area contributed by atoms with Gasteiger partial charge in [-0.2, -0.15) is 0 Å². The molecule has 1 rings (SSSR count). The topological polar surface area (TPSA) is 81.3 Å². The van der Waals surface area contributed by atoms with Crippen LogP contribution >= 0.6 is 0 Å². The third-order valence-electron chi connectivity index (χ3n) is 2.59. The van der Waals surface area contributed by atoms with Gasteiger partial charge >= 0.3 is 119 Å². The molecule has 1 atom stereocenters. The molecule has 0 saturated carbocycles. The summed E-state index contributed by atoms with van der Waals surface area (Å²) in [4.78, 5) is 10.8. The number of hydrogen-bond acceptors (Lipinski definition) is 3. The molecular formula is C12H10AsF3NO3. The van der Waals surface area contributed by atoms with Crippen LogP contribution < -0.4 is 4.35 Å². The van der Waals surface area contributed by atoms with Crippen LogP contribution in [-0.2, 0) is 11.0 Å². The van der Waals surface area contributed by atoms with Crippen LogP contribution in [0.1, 0.15) is 16.7 Å². The number of hydrogen-bond donors (Lipinski definition) is 2. The van der Waals surface area contributed by atoms with Gasteiger partial charge < -0.3 is 0 Å². The van der Waals surface area contributed by atoms with E-state index in [1.165, 1.54) is 19.1 Å². The molecule has 0 unspecified atom stereocenters. The van der Waals surface area contributed by atoms with Crippen molar-refractivity contribution in [2.24, 2.45) is 0 Å². The zero-order valence-electron chi connectivity index (χ0n) is 10.3. The van der Waals surface area contributed by atoms with E-state index in [9.17, 15) is 18.0 Å². The third-order valence-corrected chi connectivity index (χ3v) is 5.65. The predicted molar refractivity (Wildman–Crippen MR) is 64.8 cm³/mol. The van der Waals surface area contributed by atoms with E-state index in [1.54, 1.807) is 0 Å². The number of aliphatic hydroxyl groups excluding tert-OH is 1. The Bertz CT molecular complexity index is 566. The van der Waals surface area contributed by atoms with Gasteiger partial charge in [0.25, 0.3) is 0 Å². The van der Waals surface area contributed by atoms with E-state index in [-0.39, 0.29) is 9.91 Å². The number of benzene rings is 1. The second kappa shape index (κ2) is 6.29. The van der Waals surface area contributed by atoms with Crippen LogP contribution in [0.2, 0.25) is 4.71 Å². The first-order valence-electron chi connectivity index (χ1n) is 5.37. The Morgan fingerprint density at radius 1 is 1.50 bits per heavy atom. The van der Waals surface area contributed by atoms with Crippen molar-refractivity contribution in [3.8, 4) is 6.07 Å². The van der Waals surface area contributed by atoms with Gasteiger partial charge in [-0.3, -0.25) is 0 Å². The van der Waals surface area contributed by atoms with E-state index in [2.05, 4.69) is 0 Å². The molecule has 0 bridgehead atoms. The number of carboxylic acids is 1. The van der Waals surface area contributed by atoms with Gasteiger partial charge in [0.15, 0.2) is 0 Å². The SMILES string of the molecule is Cc1c([As][C@H](CO)[13C](=O)O)ccc(C#N)c1C(F)(F)F. The molecule has 0 aliphatic heterocycles. The molecule has 0 saturated heterocycles. The Balaban J connectivity index is 3.32. The van der Waals surface area contributed by atoms with E-state index >= 15 is 0 Å². The second-order valence-corrected chi connectivity index (χ2v) is 6.77. The number of rotatable bonds is 4. The quantitative estimate of drug-likeness (QED) is 0.630. The molecule has 0 aliphatic carbocycles. The first kappa shape index (κ1) is 16.5. The van der Waals surface area contributed by atoms with Gasteiger partial charge in [0.2, 0.25) is 0 Å². The minimum absolute atomic E-state index is 0.142. The van der Waals surface area contributed by atoms with E-state index in [0.717, 1.165) is 6.07 Å². The van der Waals surface area contributed by atoms with Crippen LogP contribution in [0.5, 0.6) is 0 Å². The van der Waals surface area contributed by atoms with E-state index in [4.69, 9.17) is 15.5 Å². The maximum absolute atomic E-state index is 12.9. The van der Waals surface area contributed by atoms with Gasteiger partial charge in [0.1, 0.15) is 0 Å². The number of halogens is 3. The molecule has 0 fully saturated rings. The summed E-state index contributed by atoms with van der Waals surface area (Å²) in [6, 6.07) is 3.85. The Hall–Kier alpha value is -1.51. The molecule has 0 spiro atoms. The van der Waals surface area contributed by atoms with Crippen molar-refractivity contribution in [2.45, 2.75) is 17.8 Å². The third kappa shape index (κ3) is 3.53. The normalized spacial score (nSPS) is 13.4. The number of alkyl halides is 3. The summed E-state index contributed by atoms with van der Waals surface area (Å²) >= 11 is -1.18. The molecule has 4 nitrogen and oxygen atoms in total. The van der Waals surface area contributed by atoms with Gasteiger partial charge in [-0.25, -0.2) is 0 Å². The van der Waals surface area contributed by atoms with Crippen molar-refractivity contribution >= 4 is 26.1 Å². The summed E-state index contributed by atoms with van der Waals surface area (Å²) < 4.78 is 38.0. The molecule has 8 heteroatoms. The monoisotopic (exact) mass is 349 g/mol. The predicted octanol–water partition coefficient (Wildman–Crippen LogP) is 1.08. The Morgan fingerprint density at radius 2 is 2.10 bits per heavy atom. The van der Waals surface area contributed by atoms with Crippen molar-refractivity contribution in [1.82, 2.24) is 0 Å². The van der Waals surface area contributed by atoms with Gasteiger partial charge in [-0.15, -0.1) is 0 Å². The summed E-state index contributed by atoms with van der Waals surface area (Å²) in [7, 11) is 0. The van der Waals surface area contributed by atoms with Crippen LogP contribution in [-0.4, -0.2) is 38.5 Å². The maximum atomic E-state index is 12.9. The summed E-state index contributed by atoms with van der Waals surface area (Å²) in [6.07, 6.45) is -4.68. The fraction of sp³-hybridized carbons (Fsp3) is 0.333. The van der Waals surface area contributed by atoms with Crippen molar-refractivity contribution in [3.63, 3.8) is 0 Å². The van der Waals surface area contributed by atoms with Crippen molar-refractivity contribution in [3.05, 3.63) is 28.8 Å². The van der Waals surface area contributed by atoms with Crippen molar-refractivity contribution < 1.29 is 28.2 Å². The summed E-state index contributed by atoms with van der Waals surface area (Å²) in [5.41, 5.74) is -1.66. The van der Waals surface area contributed by atoms with Gasteiger partial charge in [0, 0.05) is 0 Å². The molecule has 107 valence electrons. The van der Waals surface area contributed by atoms with E-state index in [0.29, 0.717) is 0 Å². The molecule has 20 heavy (non-hydrogen) atoms. The Morgan fingerprint density at radius 3 is 2.50 bits per heavy atom. The first-order valence-corrected chi connectivity index (χ1v) is 7.40. The number of nitrogens with zero attached hydrogens (tertiary/aromatic N) is 1. The van der Waals surface area contributed by atoms with E-state index < -0.39 is 50.3 Å². The van der Waals surface area contributed by atoms with Crippen LogP contribution in [0.3, 0.4) is 0 Å². The summed E-state index contributed by atoms with van der Waals surface area (Å²) in [5.74, 6) is -1.25.